The van der Waals surface area contributed by atoms with Gasteiger partial charge in [-0.05, 0) is 51.4 Å². The number of nitriles is 2. The van der Waals surface area contributed by atoms with Crippen LogP contribution in [0.3, 0.4) is 0 Å². The number of rotatable bonds is 5. The molecule has 136 valence electrons. The van der Waals surface area contributed by atoms with Gasteiger partial charge in [-0.3, -0.25) is 9.59 Å². The zero-order valence-electron chi connectivity index (χ0n) is 14.8. The summed E-state index contributed by atoms with van der Waals surface area (Å²) in [6.07, 6.45) is 5.05. The van der Waals surface area contributed by atoms with Crippen LogP contribution < -0.4 is 0 Å². The van der Waals surface area contributed by atoms with Crippen LogP contribution >= 0.6 is 0 Å². The van der Waals surface area contributed by atoms with Crippen molar-refractivity contribution in [3.8, 4) is 12.1 Å². The van der Waals surface area contributed by atoms with Crippen molar-refractivity contribution < 1.29 is 19.1 Å². The summed E-state index contributed by atoms with van der Waals surface area (Å²) in [6.45, 7) is 1.81. The number of ether oxygens (including phenoxy) is 2. The van der Waals surface area contributed by atoms with E-state index in [0.717, 1.165) is 25.7 Å². The highest BCUT2D eigenvalue weighted by Gasteiger charge is 2.32. The molecule has 6 heteroatoms. The second-order valence-electron chi connectivity index (χ2n) is 7.07. The average molecular weight is 346 g/mol. The third kappa shape index (κ3) is 5.46. The fourth-order valence-corrected chi connectivity index (χ4v) is 3.56. The number of hydrogen-bond acceptors (Lipinski definition) is 6. The minimum atomic E-state index is -0.845. The number of nitrogens with zero attached hydrogens (tertiary/aromatic N) is 2. The van der Waals surface area contributed by atoms with Gasteiger partial charge in [0.15, 0.2) is 0 Å². The molecular weight excluding hydrogens is 320 g/mol. The number of hydrogen-bond donors (Lipinski definition) is 0. The molecule has 0 radical (unpaired) electrons. The monoisotopic (exact) mass is 346 g/mol. The Kier molecular flexibility index (Phi) is 7.25. The molecule has 0 aromatic rings. The lowest BCUT2D eigenvalue weighted by Gasteiger charge is -2.27. The Labute approximate surface area is 149 Å². The van der Waals surface area contributed by atoms with Crippen molar-refractivity contribution in [2.45, 2.75) is 71.0 Å². The van der Waals surface area contributed by atoms with E-state index >= 15 is 0 Å². The molecule has 2 aliphatic carbocycles. The fraction of sp³-hybridized carbons (Fsp3) is 0.789. The van der Waals surface area contributed by atoms with Gasteiger partial charge >= 0.3 is 11.9 Å². The highest BCUT2D eigenvalue weighted by atomic mass is 16.7. The first-order chi connectivity index (χ1) is 12.1. The van der Waals surface area contributed by atoms with Crippen molar-refractivity contribution in [1.29, 1.82) is 10.5 Å². The molecular formula is C19H26N2O4. The molecule has 0 aromatic heterocycles. The maximum absolute atomic E-state index is 12.3. The molecule has 0 N–H and O–H groups in total. The Morgan fingerprint density at radius 3 is 1.48 bits per heavy atom. The molecule has 0 unspecified atom stereocenters. The van der Waals surface area contributed by atoms with Gasteiger partial charge in [0.05, 0.1) is 24.0 Å². The smallest absolute Gasteiger partial charge is 0.312 e. The largest absolute Gasteiger partial charge is 0.425 e. The van der Waals surface area contributed by atoms with E-state index < -0.39 is 6.29 Å². The van der Waals surface area contributed by atoms with Crippen LogP contribution in [0.2, 0.25) is 0 Å². The third-order valence-electron chi connectivity index (χ3n) is 5.31. The first-order valence-corrected chi connectivity index (χ1v) is 9.27. The van der Waals surface area contributed by atoms with E-state index in [2.05, 4.69) is 12.1 Å². The number of carbonyl (C=O) groups is 2. The lowest BCUT2D eigenvalue weighted by Crippen LogP contribution is -2.32. The standard InChI is InChI=1S/C19H26N2O4/c1-2-17(24-18(22)15-7-3-13(11-20)4-8-15)25-19(23)16-9-5-14(12-21)6-10-16/h13-17H,2-10H2,1H3/t13-,14-,15-,16-. The van der Waals surface area contributed by atoms with Crippen LogP contribution in [0.15, 0.2) is 0 Å². The summed E-state index contributed by atoms with van der Waals surface area (Å²) in [7, 11) is 0. The van der Waals surface area contributed by atoms with Crippen LogP contribution in [0.4, 0.5) is 0 Å². The van der Waals surface area contributed by atoms with Gasteiger partial charge < -0.3 is 9.47 Å². The Hall–Kier alpha value is -2.08. The van der Waals surface area contributed by atoms with E-state index in [1.807, 2.05) is 6.92 Å². The SMILES string of the molecule is CCC(OC(=O)[C@H]1CC[C@H](C#N)CC1)OC(=O)[C@H]1CC[C@H](C#N)CC1. The topological polar surface area (TPSA) is 100 Å². The van der Waals surface area contributed by atoms with Gasteiger partial charge in [-0.1, -0.05) is 6.92 Å². The molecule has 6 nitrogen and oxygen atoms in total. The maximum atomic E-state index is 12.3. The van der Waals surface area contributed by atoms with Crippen LogP contribution in [0.25, 0.3) is 0 Å². The summed E-state index contributed by atoms with van der Waals surface area (Å²) < 4.78 is 10.8. The van der Waals surface area contributed by atoms with Crippen LogP contribution in [0, 0.1) is 46.3 Å². The van der Waals surface area contributed by atoms with E-state index in [9.17, 15) is 9.59 Å². The molecule has 0 heterocycles. The van der Waals surface area contributed by atoms with Crippen molar-refractivity contribution >= 4 is 11.9 Å². The highest BCUT2D eigenvalue weighted by molar-refractivity contribution is 5.74. The first kappa shape index (κ1) is 19.2. The van der Waals surface area contributed by atoms with E-state index in [-0.39, 0.29) is 35.6 Å². The predicted octanol–water partition coefficient (Wildman–Crippen LogP) is 3.47. The van der Waals surface area contributed by atoms with Gasteiger partial charge in [-0.15, -0.1) is 0 Å². The van der Waals surface area contributed by atoms with Crippen molar-refractivity contribution in [1.82, 2.24) is 0 Å². The molecule has 0 spiro atoms. The van der Waals surface area contributed by atoms with Crippen LogP contribution in [0.5, 0.6) is 0 Å². The van der Waals surface area contributed by atoms with Crippen molar-refractivity contribution in [3.63, 3.8) is 0 Å². The Balaban J connectivity index is 1.78. The van der Waals surface area contributed by atoms with Crippen molar-refractivity contribution in [3.05, 3.63) is 0 Å². The lowest BCUT2D eigenvalue weighted by molar-refractivity contribution is -0.195. The summed E-state index contributed by atoms with van der Waals surface area (Å²) in [5.74, 6) is -1.000. The fourth-order valence-electron chi connectivity index (χ4n) is 3.56. The van der Waals surface area contributed by atoms with E-state index in [1.54, 1.807) is 0 Å². The zero-order chi connectivity index (χ0) is 18.2. The van der Waals surface area contributed by atoms with Crippen molar-refractivity contribution in [2.75, 3.05) is 0 Å². The quantitative estimate of drug-likeness (QED) is 0.558. The number of esters is 2. The zero-order valence-corrected chi connectivity index (χ0v) is 14.8. The second kappa shape index (κ2) is 9.42. The molecule has 0 saturated heterocycles. The molecule has 0 aromatic carbocycles. The molecule has 2 saturated carbocycles. The Morgan fingerprint density at radius 1 is 0.840 bits per heavy atom. The van der Waals surface area contributed by atoms with Crippen LogP contribution in [-0.2, 0) is 19.1 Å². The molecule has 25 heavy (non-hydrogen) atoms. The van der Waals surface area contributed by atoms with Crippen LogP contribution in [-0.4, -0.2) is 18.2 Å². The van der Waals surface area contributed by atoms with Gasteiger partial charge in [-0.25, -0.2) is 0 Å². The minimum Gasteiger partial charge on any atom is -0.425 e. The normalized spacial score (nSPS) is 29.3. The number of carbonyl (C=O) groups excluding carboxylic acids is 2. The average Bonchev–Trinajstić information content (AvgIpc) is 2.67. The molecule has 0 bridgehead atoms. The Morgan fingerprint density at radius 2 is 1.20 bits per heavy atom. The van der Waals surface area contributed by atoms with Gasteiger partial charge in [0, 0.05) is 18.3 Å². The third-order valence-corrected chi connectivity index (χ3v) is 5.31. The van der Waals surface area contributed by atoms with Gasteiger partial charge in [-0.2, -0.15) is 10.5 Å². The molecule has 0 amide bonds. The van der Waals surface area contributed by atoms with Gasteiger partial charge in [0.1, 0.15) is 0 Å². The summed E-state index contributed by atoms with van der Waals surface area (Å²) >= 11 is 0. The van der Waals surface area contributed by atoms with Crippen LogP contribution in [0.1, 0.15) is 64.7 Å². The summed E-state index contributed by atoms with van der Waals surface area (Å²) in [4.78, 5) is 24.5. The second-order valence-corrected chi connectivity index (χ2v) is 7.07. The van der Waals surface area contributed by atoms with Gasteiger partial charge in [0.25, 0.3) is 0 Å². The molecule has 0 aliphatic heterocycles. The molecule has 0 atom stereocenters. The lowest BCUT2D eigenvalue weighted by atomic mass is 9.83. The predicted molar refractivity (Wildman–Crippen MR) is 88.4 cm³/mol. The van der Waals surface area contributed by atoms with Crippen molar-refractivity contribution in [2.24, 2.45) is 23.7 Å². The van der Waals surface area contributed by atoms with Gasteiger partial charge in [0.2, 0.25) is 6.29 Å². The maximum Gasteiger partial charge on any atom is 0.312 e. The van der Waals surface area contributed by atoms with E-state index in [4.69, 9.17) is 20.0 Å². The Bertz CT molecular complexity index is 499. The summed E-state index contributed by atoms with van der Waals surface area (Å²) in [5, 5.41) is 17.8. The van der Waals surface area contributed by atoms with E-state index in [0.29, 0.717) is 32.1 Å². The molecule has 2 fully saturated rings. The highest BCUT2D eigenvalue weighted by Crippen LogP contribution is 2.31. The minimum absolute atomic E-state index is 0.0346. The van der Waals surface area contributed by atoms with E-state index in [1.165, 1.54) is 0 Å². The molecule has 2 aliphatic rings. The first-order valence-electron chi connectivity index (χ1n) is 9.27. The summed E-state index contributed by atoms with van der Waals surface area (Å²) in [6, 6.07) is 4.49. The molecule has 2 rings (SSSR count). The summed E-state index contributed by atoms with van der Waals surface area (Å²) in [5.41, 5.74) is 0.